The average molecular weight is 294 g/mol. The summed E-state index contributed by atoms with van der Waals surface area (Å²) in [5, 5.41) is 8.07. The van der Waals surface area contributed by atoms with Crippen LogP contribution in [0.5, 0.6) is 5.75 Å². The van der Waals surface area contributed by atoms with Gasteiger partial charge in [0, 0.05) is 18.0 Å². The molecule has 0 saturated heterocycles. The highest BCUT2D eigenvalue weighted by Crippen LogP contribution is 2.29. The normalized spacial score (nSPS) is 10.5. The maximum Gasteiger partial charge on any atom is 0.172 e. The molecule has 0 fully saturated rings. The van der Waals surface area contributed by atoms with Crippen molar-refractivity contribution in [1.82, 2.24) is 20.0 Å². The van der Waals surface area contributed by atoms with Crippen LogP contribution < -0.4 is 4.74 Å². The number of rotatable bonds is 4. The predicted octanol–water partition coefficient (Wildman–Crippen LogP) is 2.46. The molecule has 0 spiro atoms. The number of aldehydes is 1. The topological polar surface area (TPSA) is 69.9 Å². The van der Waals surface area contributed by atoms with E-state index in [1.807, 2.05) is 31.2 Å². The van der Waals surface area contributed by atoms with E-state index in [1.165, 1.54) is 0 Å². The zero-order valence-electron chi connectivity index (χ0n) is 12.2. The van der Waals surface area contributed by atoms with E-state index in [0.29, 0.717) is 17.7 Å². The van der Waals surface area contributed by atoms with E-state index in [-0.39, 0.29) is 5.69 Å². The van der Waals surface area contributed by atoms with Crippen LogP contribution in [0.3, 0.4) is 0 Å². The Morgan fingerprint density at radius 3 is 2.82 bits per heavy atom. The van der Waals surface area contributed by atoms with Gasteiger partial charge < -0.3 is 4.74 Å². The second-order valence-electron chi connectivity index (χ2n) is 4.77. The number of carbonyl (C=O) groups is 1. The molecule has 22 heavy (non-hydrogen) atoms. The highest BCUT2D eigenvalue weighted by atomic mass is 16.5. The molecule has 6 heteroatoms. The van der Waals surface area contributed by atoms with Gasteiger partial charge in [-0.25, -0.2) is 4.68 Å². The summed E-state index contributed by atoms with van der Waals surface area (Å²) in [6.07, 6.45) is 4.03. The summed E-state index contributed by atoms with van der Waals surface area (Å²) >= 11 is 0. The van der Waals surface area contributed by atoms with Gasteiger partial charge in [0.15, 0.2) is 12.0 Å². The van der Waals surface area contributed by atoms with E-state index in [9.17, 15) is 4.79 Å². The molecule has 0 radical (unpaired) electrons. The van der Waals surface area contributed by atoms with E-state index in [0.717, 1.165) is 16.8 Å². The first-order chi connectivity index (χ1) is 10.7. The van der Waals surface area contributed by atoms with E-state index < -0.39 is 0 Å². The Morgan fingerprint density at radius 2 is 2.14 bits per heavy atom. The van der Waals surface area contributed by atoms with Crippen LogP contribution in [-0.2, 0) is 0 Å². The van der Waals surface area contributed by atoms with Gasteiger partial charge in [-0.2, -0.15) is 0 Å². The van der Waals surface area contributed by atoms with Crippen molar-refractivity contribution >= 4 is 6.29 Å². The third-order valence-electron chi connectivity index (χ3n) is 3.31. The molecule has 0 aliphatic carbocycles. The molecule has 0 N–H and O–H groups in total. The van der Waals surface area contributed by atoms with Crippen molar-refractivity contribution in [2.45, 2.75) is 6.92 Å². The fraction of sp³-hybridized carbons (Fsp3) is 0.125. The molecule has 3 aromatic rings. The Balaban J connectivity index is 2.27. The molecule has 0 saturated carbocycles. The van der Waals surface area contributed by atoms with Crippen LogP contribution in [0.2, 0.25) is 0 Å². The van der Waals surface area contributed by atoms with Gasteiger partial charge in [0.1, 0.15) is 17.1 Å². The van der Waals surface area contributed by atoms with Crippen LogP contribution in [-0.4, -0.2) is 33.4 Å². The van der Waals surface area contributed by atoms with Crippen molar-refractivity contribution in [2.24, 2.45) is 0 Å². The van der Waals surface area contributed by atoms with Gasteiger partial charge in [-0.3, -0.25) is 9.78 Å². The summed E-state index contributed by atoms with van der Waals surface area (Å²) in [5.41, 5.74) is 3.39. The Kier molecular flexibility index (Phi) is 3.65. The fourth-order valence-corrected chi connectivity index (χ4v) is 2.28. The van der Waals surface area contributed by atoms with Gasteiger partial charge in [-0.05, 0) is 36.8 Å². The van der Waals surface area contributed by atoms with Crippen LogP contribution in [0.25, 0.3) is 16.9 Å². The van der Waals surface area contributed by atoms with E-state index >= 15 is 0 Å². The number of hydrogen-bond donors (Lipinski definition) is 0. The summed E-state index contributed by atoms with van der Waals surface area (Å²) in [6.45, 7) is 1.98. The molecule has 3 rings (SSSR count). The molecule has 110 valence electrons. The molecule has 6 nitrogen and oxygen atoms in total. The molecule has 2 heterocycles. The minimum Gasteiger partial charge on any atom is -0.494 e. The predicted molar refractivity (Wildman–Crippen MR) is 81.3 cm³/mol. The Morgan fingerprint density at radius 1 is 1.27 bits per heavy atom. The molecular formula is C16H14N4O2. The maximum absolute atomic E-state index is 11.3. The van der Waals surface area contributed by atoms with Gasteiger partial charge in [0.05, 0.1) is 7.11 Å². The lowest BCUT2D eigenvalue weighted by Crippen LogP contribution is -2.03. The number of nitrogens with zero attached hydrogens (tertiary/aromatic N) is 4. The Bertz CT molecular complexity index is 812. The zero-order chi connectivity index (χ0) is 15.5. The molecular weight excluding hydrogens is 280 g/mol. The molecule has 1 aromatic carbocycles. The van der Waals surface area contributed by atoms with Crippen LogP contribution >= 0.6 is 0 Å². The second kappa shape index (κ2) is 5.77. The van der Waals surface area contributed by atoms with Crippen LogP contribution in [0.4, 0.5) is 0 Å². The number of aryl methyl sites for hydroxylation is 1. The van der Waals surface area contributed by atoms with Crippen LogP contribution in [0, 0.1) is 6.92 Å². The number of ether oxygens (including phenoxy) is 1. The van der Waals surface area contributed by atoms with Crippen molar-refractivity contribution < 1.29 is 9.53 Å². The van der Waals surface area contributed by atoms with E-state index in [1.54, 1.807) is 30.3 Å². The first-order valence-electron chi connectivity index (χ1n) is 6.71. The minimum absolute atomic E-state index is 0.261. The number of methoxy groups -OCH3 is 1. The number of aromatic nitrogens is 4. The molecule has 0 unspecified atom stereocenters. The second-order valence-corrected chi connectivity index (χ2v) is 4.77. The van der Waals surface area contributed by atoms with Crippen molar-refractivity contribution in [1.29, 1.82) is 0 Å². The summed E-state index contributed by atoms with van der Waals surface area (Å²) in [4.78, 5) is 15.4. The molecule has 0 amide bonds. The Labute approximate surface area is 127 Å². The quantitative estimate of drug-likeness (QED) is 0.691. The van der Waals surface area contributed by atoms with Crippen LogP contribution in [0.15, 0.2) is 42.7 Å². The largest absolute Gasteiger partial charge is 0.494 e. The van der Waals surface area contributed by atoms with Gasteiger partial charge >= 0.3 is 0 Å². The van der Waals surface area contributed by atoms with Crippen LogP contribution in [0.1, 0.15) is 16.1 Å². The number of hydrogen-bond acceptors (Lipinski definition) is 5. The lowest BCUT2D eigenvalue weighted by Gasteiger charge is -2.11. The van der Waals surface area contributed by atoms with Crippen molar-refractivity contribution in [3.05, 3.63) is 54.0 Å². The first-order valence-corrected chi connectivity index (χ1v) is 6.71. The number of benzene rings is 1. The summed E-state index contributed by atoms with van der Waals surface area (Å²) < 4.78 is 7.00. The third-order valence-corrected chi connectivity index (χ3v) is 3.31. The monoisotopic (exact) mass is 294 g/mol. The maximum atomic E-state index is 11.3. The van der Waals surface area contributed by atoms with Gasteiger partial charge in [-0.15, -0.1) is 5.10 Å². The summed E-state index contributed by atoms with van der Waals surface area (Å²) in [6, 6.07) is 9.40. The summed E-state index contributed by atoms with van der Waals surface area (Å²) in [5.74, 6) is 0.651. The fourth-order valence-electron chi connectivity index (χ4n) is 2.28. The highest BCUT2D eigenvalue weighted by Gasteiger charge is 2.18. The molecule has 2 aromatic heterocycles. The standard InChI is InChI=1S/C16H14N4O2/c1-11-5-6-15(22-2)14(8-11)20-16(13(10-21)18-19-20)12-4-3-7-17-9-12/h3-10H,1-2H3. The first kappa shape index (κ1) is 13.9. The molecule has 0 atom stereocenters. The van der Waals surface area contributed by atoms with Gasteiger partial charge in [0.25, 0.3) is 0 Å². The highest BCUT2D eigenvalue weighted by molar-refractivity contribution is 5.84. The molecule has 0 aliphatic heterocycles. The smallest absolute Gasteiger partial charge is 0.172 e. The van der Waals surface area contributed by atoms with Crippen molar-refractivity contribution in [3.63, 3.8) is 0 Å². The lowest BCUT2D eigenvalue weighted by molar-refractivity contribution is 0.111. The van der Waals surface area contributed by atoms with Crippen molar-refractivity contribution in [3.8, 4) is 22.7 Å². The van der Waals surface area contributed by atoms with E-state index in [4.69, 9.17) is 4.74 Å². The zero-order valence-corrected chi connectivity index (χ0v) is 12.2. The van der Waals surface area contributed by atoms with Crippen molar-refractivity contribution in [2.75, 3.05) is 7.11 Å². The summed E-state index contributed by atoms with van der Waals surface area (Å²) in [7, 11) is 1.59. The molecule has 0 bridgehead atoms. The Hall–Kier alpha value is -3.02. The minimum atomic E-state index is 0.261. The lowest BCUT2D eigenvalue weighted by atomic mass is 10.1. The number of pyridine rings is 1. The number of carbonyl (C=O) groups excluding carboxylic acids is 1. The average Bonchev–Trinajstić information content (AvgIpc) is 2.99. The van der Waals surface area contributed by atoms with Gasteiger partial charge in [0.2, 0.25) is 0 Å². The SMILES string of the molecule is COc1ccc(C)cc1-n1nnc(C=O)c1-c1cccnc1. The molecule has 0 aliphatic rings. The third kappa shape index (κ3) is 2.35. The van der Waals surface area contributed by atoms with Gasteiger partial charge in [-0.1, -0.05) is 11.3 Å². The van der Waals surface area contributed by atoms with E-state index in [2.05, 4.69) is 15.3 Å².